The molecule has 5 heterocycles. The average Bonchev–Trinajstić information content (AvgIpc) is 3.50. The average molecular weight is 575 g/mol. The third kappa shape index (κ3) is 4.87. The molecule has 40 heavy (non-hydrogen) atoms. The predicted octanol–water partition coefficient (Wildman–Crippen LogP) is 4.12. The van der Waals surface area contributed by atoms with Crippen molar-refractivity contribution in [3.8, 4) is 11.5 Å². The summed E-state index contributed by atoms with van der Waals surface area (Å²) in [4.78, 5) is 30.8. The SMILES string of the molecule is Cc1cc(C(F)(F)F)c(CNc2nc(N3CCc4oc(-c5ccc(F)cc5)nc4C3)nc3c2[S@](=O)CC3)c(=O)[nH]1. The van der Waals surface area contributed by atoms with Crippen molar-refractivity contribution in [2.75, 3.05) is 22.5 Å². The van der Waals surface area contributed by atoms with Gasteiger partial charge in [0.05, 0.1) is 28.6 Å². The maximum atomic E-state index is 13.7. The largest absolute Gasteiger partial charge is 0.441 e. The smallest absolute Gasteiger partial charge is 0.417 e. The molecule has 4 aromatic rings. The number of alkyl halides is 3. The zero-order valence-corrected chi connectivity index (χ0v) is 21.9. The molecule has 0 spiro atoms. The number of hydrogen-bond donors (Lipinski definition) is 2. The van der Waals surface area contributed by atoms with Gasteiger partial charge in [0, 0.05) is 48.5 Å². The topological polar surface area (TPSA) is 117 Å². The Kier molecular flexibility index (Phi) is 6.44. The second kappa shape index (κ2) is 9.84. The van der Waals surface area contributed by atoms with E-state index < -0.39 is 40.2 Å². The lowest BCUT2D eigenvalue weighted by Gasteiger charge is -2.26. The number of halogens is 4. The molecule has 6 rings (SSSR count). The molecule has 0 amide bonds. The molecule has 0 unspecified atom stereocenters. The number of H-pyrrole nitrogens is 1. The molecule has 2 aliphatic heterocycles. The second-order valence-corrected chi connectivity index (χ2v) is 11.0. The van der Waals surface area contributed by atoms with E-state index in [1.807, 2.05) is 4.90 Å². The Balaban J connectivity index is 1.30. The maximum Gasteiger partial charge on any atom is 0.417 e. The number of aryl methyl sites for hydroxylation is 2. The standard InChI is InChI=1S/C26H22F4N6O3S/c1-13-10-17(26(28,29)30)16(23(37)32-13)11-31-22-21-18(7-9-40(21)38)34-25(35-22)36-8-6-20-19(12-36)33-24(39-20)14-2-4-15(27)5-3-14/h2-5,10H,6-9,11-12H2,1H3,(H,32,37)(H,31,34,35)/t40-/m1/s1. The predicted molar refractivity (Wildman–Crippen MR) is 138 cm³/mol. The van der Waals surface area contributed by atoms with Gasteiger partial charge in [-0.15, -0.1) is 0 Å². The summed E-state index contributed by atoms with van der Waals surface area (Å²) in [5.41, 5.74) is -0.472. The van der Waals surface area contributed by atoms with Crippen LogP contribution < -0.4 is 15.8 Å². The third-order valence-electron chi connectivity index (χ3n) is 6.79. The Morgan fingerprint density at radius 1 is 1.12 bits per heavy atom. The van der Waals surface area contributed by atoms with Gasteiger partial charge in [0.1, 0.15) is 28.0 Å². The normalized spacial score (nSPS) is 16.6. The quantitative estimate of drug-likeness (QED) is 0.342. The summed E-state index contributed by atoms with van der Waals surface area (Å²) < 4.78 is 73.0. The van der Waals surface area contributed by atoms with E-state index in [0.29, 0.717) is 71.1 Å². The molecule has 0 saturated carbocycles. The van der Waals surface area contributed by atoms with Gasteiger partial charge in [-0.3, -0.25) is 9.00 Å². The lowest BCUT2D eigenvalue weighted by molar-refractivity contribution is -0.138. The number of aromatic nitrogens is 4. The minimum absolute atomic E-state index is 0.0901. The van der Waals surface area contributed by atoms with Gasteiger partial charge in [-0.1, -0.05) is 0 Å². The van der Waals surface area contributed by atoms with Crippen molar-refractivity contribution in [1.29, 1.82) is 0 Å². The van der Waals surface area contributed by atoms with Crippen LogP contribution in [0.3, 0.4) is 0 Å². The lowest BCUT2D eigenvalue weighted by Crippen LogP contribution is -2.32. The zero-order valence-electron chi connectivity index (χ0n) is 21.1. The first-order valence-corrected chi connectivity index (χ1v) is 13.7. The number of oxazole rings is 1. The van der Waals surface area contributed by atoms with E-state index in [2.05, 4.69) is 25.3 Å². The third-order valence-corrected chi connectivity index (χ3v) is 8.25. The fourth-order valence-corrected chi connectivity index (χ4v) is 6.17. The van der Waals surface area contributed by atoms with Gasteiger partial charge < -0.3 is 19.6 Å². The summed E-state index contributed by atoms with van der Waals surface area (Å²) in [6.45, 7) is 1.68. The Bertz CT molecular complexity index is 1700. The molecule has 208 valence electrons. The van der Waals surface area contributed by atoms with E-state index in [9.17, 15) is 26.6 Å². The summed E-state index contributed by atoms with van der Waals surface area (Å²) in [6, 6.07) is 6.69. The number of aromatic amines is 1. The van der Waals surface area contributed by atoms with Crippen molar-refractivity contribution in [2.24, 2.45) is 0 Å². The van der Waals surface area contributed by atoms with Gasteiger partial charge in [-0.2, -0.15) is 18.2 Å². The first-order valence-electron chi connectivity index (χ1n) is 12.4. The van der Waals surface area contributed by atoms with Crippen molar-refractivity contribution >= 4 is 22.6 Å². The van der Waals surface area contributed by atoms with Crippen LogP contribution in [0.15, 0.2) is 44.4 Å². The van der Waals surface area contributed by atoms with E-state index >= 15 is 0 Å². The van der Waals surface area contributed by atoms with Gasteiger partial charge in [-0.05, 0) is 37.3 Å². The fraction of sp³-hybridized carbons (Fsp3) is 0.308. The van der Waals surface area contributed by atoms with Crippen LogP contribution in [0.25, 0.3) is 11.5 Å². The van der Waals surface area contributed by atoms with E-state index in [-0.39, 0.29) is 17.3 Å². The van der Waals surface area contributed by atoms with E-state index in [1.165, 1.54) is 19.1 Å². The highest BCUT2D eigenvalue weighted by Gasteiger charge is 2.35. The molecular weight excluding hydrogens is 552 g/mol. The molecule has 9 nitrogen and oxygen atoms in total. The number of pyridine rings is 1. The van der Waals surface area contributed by atoms with Crippen molar-refractivity contribution in [3.63, 3.8) is 0 Å². The van der Waals surface area contributed by atoms with Crippen molar-refractivity contribution in [3.05, 3.63) is 80.5 Å². The fourth-order valence-electron chi connectivity index (χ4n) is 4.85. The molecule has 1 atom stereocenters. The molecule has 2 aliphatic rings. The first kappa shape index (κ1) is 26.2. The Morgan fingerprint density at radius 2 is 1.90 bits per heavy atom. The lowest BCUT2D eigenvalue weighted by atomic mass is 10.1. The highest BCUT2D eigenvalue weighted by Crippen LogP contribution is 2.34. The van der Waals surface area contributed by atoms with Crippen molar-refractivity contribution in [1.82, 2.24) is 19.9 Å². The van der Waals surface area contributed by atoms with Gasteiger partial charge in [0.2, 0.25) is 11.8 Å². The Labute approximate surface area is 227 Å². The highest BCUT2D eigenvalue weighted by atomic mass is 32.2. The minimum Gasteiger partial charge on any atom is -0.441 e. The molecule has 14 heteroatoms. The Hall–Kier alpha value is -4.07. The molecule has 0 aliphatic carbocycles. The molecule has 1 aromatic carbocycles. The van der Waals surface area contributed by atoms with Crippen LogP contribution in [0.4, 0.5) is 29.3 Å². The molecule has 0 saturated heterocycles. The number of benzene rings is 1. The molecule has 0 radical (unpaired) electrons. The summed E-state index contributed by atoms with van der Waals surface area (Å²) in [5.74, 6) is 1.42. The van der Waals surface area contributed by atoms with Crippen molar-refractivity contribution in [2.45, 2.75) is 43.9 Å². The summed E-state index contributed by atoms with van der Waals surface area (Å²) >= 11 is 0. The van der Waals surface area contributed by atoms with Gasteiger partial charge >= 0.3 is 6.18 Å². The van der Waals surface area contributed by atoms with Crippen LogP contribution in [-0.4, -0.2) is 36.4 Å². The van der Waals surface area contributed by atoms with Crippen LogP contribution in [0.5, 0.6) is 0 Å². The van der Waals surface area contributed by atoms with E-state index in [0.717, 1.165) is 6.07 Å². The number of hydrogen-bond acceptors (Lipinski definition) is 8. The molecule has 0 bridgehead atoms. The molecule has 3 aromatic heterocycles. The van der Waals surface area contributed by atoms with Crippen molar-refractivity contribution < 1.29 is 26.2 Å². The number of nitrogens with zero attached hydrogens (tertiary/aromatic N) is 4. The summed E-state index contributed by atoms with van der Waals surface area (Å²) in [5, 5.41) is 2.84. The minimum atomic E-state index is -4.73. The highest BCUT2D eigenvalue weighted by molar-refractivity contribution is 7.85. The monoisotopic (exact) mass is 574 g/mol. The molecule has 2 N–H and O–H groups in total. The van der Waals surface area contributed by atoms with Gasteiger partial charge in [0.15, 0.2) is 0 Å². The number of anilines is 2. The molecular formula is C26H22F4N6O3S. The molecule has 0 fully saturated rings. The summed E-state index contributed by atoms with van der Waals surface area (Å²) in [7, 11) is -1.44. The summed E-state index contributed by atoms with van der Waals surface area (Å²) in [6.07, 6.45) is -3.82. The number of rotatable bonds is 5. The maximum absolute atomic E-state index is 13.7. The van der Waals surface area contributed by atoms with Crippen LogP contribution in [-0.2, 0) is 42.9 Å². The zero-order chi connectivity index (χ0) is 28.2. The van der Waals surface area contributed by atoms with E-state index in [4.69, 9.17) is 4.42 Å². The van der Waals surface area contributed by atoms with E-state index in [1.54, 1.807) is 12.1 Å². The van der Waals surface area contributed by atoms with Crippen LogP contribution in [0.2, 0.25) is 0 Å². The van der Waals surface area contributed by atoms with Crippen LogP contribution in [0.1, 0.15) is 34.0 Å². The number of nitrogens with one attached hydrogen (secondary N) is 2. The van der Waals surface area contributed by atoms with Gasteiger partial charge in [-0.25, -0.2) is 14.4 Å². The van der Waals surface area contributed by atoms with Crippen LogP contribution >= 0.6 is 0 Å². The first-order chi connectivity index (χ1) is 19.1. The van der Waals surface area contributed by atoms with Crippen LogP contribution in [0, 0.1) is 12.7 Å². The number of fused-ring (bicyclic) bond motifs is 2. The van der Waals surface area contributed by atoms with Gasteiger partial charge in [0.25, 0.3) is 5.56 Å². The second-order valence-electron chi connectivity index (χ2n) is 9.54. The Morgan fingerprint density at radius 3 is 2.65 bits per heavy atom.